The van der Waals surface area contributed by atoms with Crippen LogP contribution in [0.25, 0.3) is 0 Å². The van der Waals surface area contributed by atoms with Gasteiger partial charge >= 0.3 is 5.97 Å². The van der Waals surface area contributed by atoms with E-state index in [2.05, 4.69) is 0 Å². The molecule has 0 unspecified atom stereocenters. The van der Waals surface area contributed by atoms with E-state index in [1.165, 1.54) is 0 Å². The van der Waals surface area contributed by atoms with Crippen molar-refractivity contribution in [3.05, 3.63) is 35.9 Å². The first-order valence-electron chi connectivity index (χ1n) is 6.24. The minimum absolute atomic E-state index is 0.609. The molecule has 0 aromatic heterocycles. The molecule has 1 aliphatic rings. The number of nitrogens with zero attached hydrogens (tertiary/aromatic N) is 1. The lowest BCUT2D eigenvalue weighted by molar-refractivity contribution is -0.145. The van der Waals surface area contributed by atoms with Gasteiger partial charge in [0.05, 0.1) is 5.60 Å². The molecule has 2 N–H and O–H groups in total. The van der Waals surface area contributed by atoms with Crippen molar-refractivity contribution in [2.75, 3.05) is 13.1 Å². The zero-order valence-corrected chi connectivity index (χ0v) is 10.5. The van der Waals surface area contributed by atoms with Gasteiger partial charge in [-0.15, -0.1) is 0 Å². The molecule has 4 nitrogen and oxygen atoms in total. The maximum Gasteiger partial charge on any atom is 0.325 e. The van der Waals surface area contributed by atoms with E-state index >= 15 is 0 Å². The minimum Gasteiger partial charge on any atom is -0.480 e. The number of carbonyl (C=O) groups is 1. The molecule has 1 heterocycles. The van der Waals surface area contributed by atoms with E-state index < -0.39 is 17.6 Å². The second-order valence-corrected chi connectivity index (χ2v) is 5.18. The van der Waals surface area contributed by atoms with Gasteiger partial charge in [-0.2, -0.15) is 0 Å². The molecule has 0 aliphatic carbocycles. The van der Waals surface area contributed by atoms with Gasteiger partial charge in [-0.25, -0.2) is 0 Å². The molecule has 0 bridgehead atoms. The van der Waals surface area contributed by atoms with Crippen LogP contribution in [0.15, 0.2) is 30.3 Å². The SMILES string of the molecule is CC1(O)CCN([C@@H](C(=O)O)c2ccccc2)CC1. The highest BCUT2D eigenvalue weighted by molar-refractivity contribution is 5.75. The molecule has 1 atom stereocenters. The normalized spacial score (nSPS) is 21.4. The lowest BCUT2D eigenvalue weighted by Crippen LogP contribution is -2.45. The number of aliphatic hydroxyl groups is 1. The van der Waals surface area contributed by atoms with Crippen molar-refractivity contribution in [2.45, 2.75) is 31.4 Å². The summed E-state index contributed by atoms with van der Waals surface area (Å²) in [6, 6.07) is 8.65. The van der Waals surface area contributed by atoms with E-state index in [1.54, 1.807) is 0 Å². The smallest absolute Gasteiger partial charge is 0.325 e. The summed E-state index contributed by atoms with van der Waals surface area (Å²) in [5.41, 5.74) is 0.141. The first kappa shape index (κ1) is 13.1. The molecule has 18 heavy (non-hydrogen) atoms. The molecule has 98 valence electrons. The molecule has 4 heteroatoms. The van der Waals surface area contributed by atoms with Gasteiger partial charge < -0.3 is 10.2 Å². The summed E-state index contributed by atoms with van der Waals surface area (Å²) in [5.74, 6) is -0.831. The van der Waals surface area contributed by atoms with E-state index in [4.69, 9.17) is 0 Å². The van der Waals surface area contributed by atoms with Gasteiger partial charge in [0.15, 0.2) is 0 Å². The van der Waals surface area contributed by atoms with Crippen molar-refractivity contribution in [1.29, 1.82) is 0 Å². The monoisotopic (exact) mass is 249 g/mol. The van der Waals surface area contributed by atoms with Crippen LogP contribution in [0, 0.1) is 0 Å². The van der Waals surface area contributed by atoms with E-state index in [9.17, 15) is 15.0 Å². The molecule has 1 fully saturated rings. The van der Waals surface area contributed by atoms with Crippen molar-refractivity contribution in [2.24, 2.45) is 0 Å². The molecule has 0 spiro atoms. The second kappa shape index (κ2) is 5.08. The Labute approximate surface area is 107 Å². The number of hydrogen-bond acceptors (Lipinski definition) is 3. The van der Waals surface area contributed by atoms with Gasteiger partial charge in [0, 0.05) is 13.1 Å². The number of aliphatic carboxylic acids is 1. The largest absolute Gasteiger partial charge is 0.480 e. The van der Waals surface area contributed by atoms with Crippen molar-refractivity contribution in [3.8, 4) is 0 Å². The highest BCUT2D eigenvalue weighted by atomic mass is 16.4. The number of piperidine rings is 1. The lowest BCUT2D eigenvalue weighted by Gasteiger charge is -2.38. The fourth-order valence-electron chi connectivity index (χ4n) is 2.41. The maximum atomic E-state index is 11.5. The highest BCUT2D eigenvalue weighted by Gasteiger charge is 2.34. The predicted octanol–water partition coefficient (Wildman–Crippen LogP) is 1.66. The predicted molar refractivity (Wildman–Crippen MR) is 68.2 cm³/mol. The molecular weight excluding hydrogens is 230 g/mol. The summed E-state index contributed by atoms with van der Waals surface area (Å²) in [7, 11) is 0. The molecule has 0 radical (unpaired) electrons. The fraction of sp³-hybridized carbons (Fsp3) is 0.500. The third-order valence-corrected chi connectivity index (χ3v) is 3.59. The van der Waals surface area contributed by atoms with Crippen LogP contribution in [0.5, 0.6) is 0 Å². The van der Waals surface area contributed by atoms with Crippen LogP contribution in [-0.2, 0) is 4.79 Å². The number of likely N-dealkylation sites (tertiary alicyclic amines) is 1. The Balaban J connectivity index is 2.15. The van der Waals surface area contributed by atoms with Gasteiger partial charge in [-0.3, -0.25) is 9.69 Å². The molecule has 0 saturated carbocycles. The Kier molecular flexibility index (Phi) is 3.68. The average molecular weight is 249 g/mol. The summed E-state index contributed by atoms with van der Waals surface area (Å²) in [4.78, 5) is 13.4. The number of carboxylic acid groups (broad SMARTS) is 1. The Morgan fingerprint density at radius 3 is 2.33 bits per heavy atom. The number of carboxylic acids is 1. The Bertz CT molecular complexity index is 406. The Morgan fingerprint density at radius 1 is 1.28 bits per heavy atom. The van der Waals surface area contributed by atoms with E-state index in [-0.39, 0.29) is 0 Å². The van der Waals surface area contributed by atoms with Gasteiger partial charge in [-0.1, -0.05) is 30.3 Å². The van der Waals surface area contributed by atoms with Crippen molar-refractivity contribution in [3.63, 3.8) is 0 Å². The molecular formula is C14H19NO3. The number of hydrogen-bond donors (Lipinski definition) is 2. The number of benzene rings is 1. The minimum atomic E-state index is -0.831. The average Bonchev–Trinajstić information content (AvgIpc) is 2.33. The first-order valence-corrected chi connectivity index (χ1v) is 6.24. The summed E-state index contributed by atoms with van der Waals surface area (Å²) in [5, 5.41) is 19.3. The van der Waals surface area contributed by atoms with Crippen molar-refractivity contribution >= 4 is 5.97 Å². The third kappa shape index (κ3) is 2.89. The van der Waals surface area contributed by atoms with Gasteiger partial charge in [0.2, 0.25) is 0 Å². The fourth-order valence-corrected chi connectivity index (χ4v) is 2.41. The van der Waals surface area contributed by atoms with Crippen molar-refractivity contribution < 1.29 is 15.0 Å². The van der Waals surface area contributed by atoms with Gasteiger partial charge in [-0.05, 0) is 25.3 Å². The topological polar surface area (TPSA) is 60.8 Å². The summed E-state index contributed by atoms with van der Waals surface area (Å²) >= 11 is 0. The summed E-state index contributed by atoms with van der Waals surface area (Å²) in [6.45, 7) is 3.03. The first-order chi connectivity index (χ1) is 8.49. The van der Waals surface area contributed by atoms with Crippen LogP contribution in [0.4, 0.5) is 0 Å². The molecule has 1 aromatic carbocycles. The second-order valence-electron chi connectivity index (χ2n) is 5.18. The third-order valence-electron chi connectivity index (χ3n) is 3.59. The van der Waals surface area contributed by atoms with Crippen LogP contribution in [0.3, 0.4) is 0 Å². The van der Waals surface area contributed by atoms with Crippen molar-refractivity contribution in [1.82, 2.24) is 4.90 Å². The quantitative estimate of drug-likeness (QED) is 0.855. The van der Waals surface area contributed by atoms with E-state index in [0.29, 0.717) is 25.9 Å². The van der Waals surface area contributed by atoms with Crippen LogP contribution < -0.4 is 0 Å². The molecule has 1 saturated heterocycles. The van der Waals surface area contributed by atoms with E-state index in [1.807, 2.05) is 42.2 Å². The van der Waals surface area contributed by atoms with Crippen LogP contribution >= 0.6 is 0 Å². The van der Waals surface area contributed by atoms with Gasteiger partial charge in [0.1, 0.15) is 6.04 Å². The number of rotatable bonds is 3. The van der Waals surface area contributed by atoms with Gasteiger partial charge in [0.25, 0.3) is 0 Å². The standard InChI is InChI=1S/C14H19NO3/c1-14(18)7-9-15(10-8-14)12(13(16)17)11-5-3-2-4-6-11/h2-6,12,18H,7-10H2,1H3,(H,16,17)/t12-/m1/s1. The molecule has 2 rings (SSSR count). The highest BCUT2D eigenvalue weighted by Crippen LogP contribution is 2.28. The lowest BCUT2D eigenvalue weighted by atomic mass is 9.92. The summed E-state index contributed by atoms with van der Waals surface area (Å²) < 4.78 is 0. The van der Waals surface area contributed by atoms with E-state index in [0.717, 1.165) is 5.56 Å². The Hall–Kier alpha value is -1.39. The zero-order valence-electron chi connectivity index (χ0n) is 10.5. The van der Waals surface area contributed by atoms with Crippen LogP contribution in [0.2, 0.25) is 0 Å². The zero-order chi connectivity index (χ0) is 13.2. The summed E-state index contributed by atoms with van der Waals surface area (Å²) in [6.07, 6.45) is 1.23. The maximum absolute atomic E-state index is 11.5. The molecule has 1 aliphatic heterocycles. The van der Waals surface area contributed by atoms with Crippen LogP contribution in [-0.4, -0.2) is 39.8 Å². The molecule has 1 aromatic rings. The Morgan fingerprint density at radius 2 is 1.83 bits per heavy atom. The van der Waals surface area contributed by atoms with Crippen LogP contribution in [0.1, 0.15) is 31.4 Å². The molecule has 0 amide bonds.